The molecule has 2 aromatic heterocycles. The number of anilines is 1. The molecule has 3 rings (SSSR count). The molecule has 0 aromatic carbocycles. The fourth-order valence-corrected chi connectivity index (χ4v) is 3.33. The van der Waals surface area contributed by atoms with Crippen LogP contribution in [0.5, 0.6) is 0 Å². The molecule has 0 saturated carbocycles. The molecule has 0 bridgehead atoms. The molecule has 1 fully saturated rings. The fraction of sp³-hybridized carbons (Fsp3) is 0.625. The molecule has 0 aliphatic carbocycles. The van der Waals surface area contributed by atoms with Gasteiger partial charge in [-0.3, -0.25) is 9.69 Å². The topological polar surface area (TPSA) is 67.2 Å². The molecule has 3 heterocycles. The summed E-state index contributed by atoms with van der Waals surface area (Å²) in [5, 5.41) is 13.5. The lowest BCUT2D eigenvalue weighted by Crippen LogP contribution is -2.47. The predicted molar refractivity (Wildman–Crippen MR) is 95.8 cm³/mol. The lowest BCUT2D eigenvalue weighted by molar-refractivity contribution is 0.241. The average molecular weight is 348 g/mol. The van der Waals surface area contributed by atoms with Crippen molar-refractivity contribution in [3.8, 4) is 0 Å². The lowest BCUT2D eigenvalue weighted by atomic mass is 9.92. The molecule has 1 saturated heterocycles. The van der Waals surface area contributed by atoms with Crippen LogP contribution in [0.3, 0.4) is 0 Å². The minimum absolute atomic E-state index is 0.0319. The Morgan fingerprint density at radius 2 is 1.88 bits per heavy atom. The maximum absolute atomic E-state index is 12.0. The van der Waals surface area contributed by atoms with Gasteiger partial charge >= 0.3 is 0 Å². The van der Waals surface area contributed by atoms with Gasteiger partial charge in [-0.05, 0) is 6.07 Å². The van der Waals surface area contributed by atoms with Gasteiger partial charge in [-0.15, -0.1) is 10.2 Å². The van der Waals surface area contributed by atoms with Gasteiger partial charge in [-0.2, -0.15) is 5.10 Å². The van der Waals surface area contributed by atoms with Crippen molar-refractivity contribution in [1.29, 1.82) is 0 Å². The Morgan fingerprint density at radius 3 is 2.50 bits per heavy atom. The molecule has 0 unspecified atom stereocenters. The number of nitrogens with zero attached hydrogens (tertiary/aromatic N) is 6. The van der Waals surface area contributed by atoms with Gasteiger partial charge in [-0.25, -0.2) is 4.68 Å². The molecule has 2 aromatic rings. The van der Waals surface area contributed by atoms with Crippen LogP contribution in [0.4, 0.5) is 5.13 Å². The molecule has 0 amide bonds. The summed E-state index contributed by atoms with van der Waals surface area (Å²) in [7, 11) is 0. The summed E-state index contributed by atoms with van der Waals surface area (Å²) in [4.78, 5) is 16.7. The highest BCUT2D eigenvalue weighted by Gasteiger charge is 2.20. The first-order valence-corrected chi connectivity index (χ1v) is 9.13. The van der Waals surface area contributed by atoms with E-state index in [2.05, 4.69) is 45.9 Å². The molecule has 1 aliphatic rings. The molecule has 0 N–H and O–H groups in total. The van der Waals surface area contributed by atoms with Crippen molar-refractivity contribution < 1.29 is 0 Å². The summed E-state index contributed by atoms with van der Waals surface area (Å²) in [5.74, 6) is 0. The zero-order chi connectivity index (χ0) is 17.2. The molecule has 1 aliphatic heterocycles. The largest absolute Gasteiger partial charge is 0.344 e. The summed E-state index contributed by atoms with van der Waals surface area (Å²) in [6.07, 6.45) is 0. The van der Waals surface area contributed by atoms with E-state index >= 15 is 0 Å². The Kier molecular flexibility index (Phi) is 4.96. The number of hydrogen-bond donors (Lipinski definition) is 0. The van der Waals surface area contributed by atoms with E-state index in [0.29, 0.717) is 6.54 Å². The van der Waals surface area contributed by atoms with E-state index in [1.54, 1.807) is 27.6 Å². The Balaban J connectivity index is 1.56. The second-order valence-corrected chi connectivity index (χ2v) is 7.89. The number of hydrogen-bond acceptors (Lipinski definition) is 7. The lowest BCUT2D eigenvalue weighted by Gasteiger charge is -2.34. The van der Waals surface area contributed by atoms with Gasteiger partial charge in [0.15, 0.2) is 0 Å². The minimum atomic E-state index is -0.0528. The van der Waals surface area contributed by atoms with E-state index in [4.69, 9.17) is 0 Å². The van der Waals surface area contributed by atoms with Gasteiger partial charge in [0.05, 0.1) is 12.2 Å². The smallest absolute Gasteiger partial charge is 0.266 e. The highest BCUT2D eigenvalue weighted by atomic mass is 32.1. The van der Waals surface area contributed by atoms with Gasteiger partial charge < -0.3 is 4.90 Å². The van der Waals surface area contributed by atoms with Crippen LogP contribution in [-0.2, 0) is 12.0 Å². The highest BCUT2D eigenvalue weighted by molar-refractivity contribution is 7.13. The van der Waals surface area contributed by atoms with Crippen LogP contribution in [0.2, 0.25) is 0 Å². The predicted octanol–water partition coefficient (Wildman–Crippen LogP) is 1.21. The van der Waals surface area contributed by atoms with Crippen LogP contribution in [0.15, 0.2) is 22.4 Å². The van der Waals surface area contributed by atoms with E-state index in [1.807, 2.05) is 6.07 Å². The van der Waals surface area contributed by atoms with Crippen molar-refractivity contribution in [3.63, 3.8) is 0 Å². The zero-order valence-corrected chi connectivity index (χ0v) is 15.3. The quantitative estimate of drug-likeness (QED) is 0.827. The van der Waals surface area contributed by atoms with Gasteiger partial charge in [0.25, 0.3) is 5.56 Å². The van der Waals surface area contributed by atoms with Crippen molar-refractivity contribution >= 4 is 16.5 Å². The van der Waals surface area contributed by atoms with Crippen LogP contribution < -0.4 is 10.5 Å². The number of rotatable bonds is 4. The SMILES string of the molecule is CC(C)(C)c1ccc(=O)n(CCN2CCN(c3nncs3)CC2)n1. The highest BCUT2D eigenvalue weighted by Crippen LogP contribution is 2.18. The minimum Gasteiger partial charge on any atom is -0.344 e. The second kappa shape index (κ2) is 6.98. The molecule has 8 heteroatoms. The van der Waals surface area contributed by atoms with Crippen molar-refractivity contribution in [2.45, 2.75) is 32.7 Å². The Bertz CT molecular complexity index is 713. The van der Waals surface area contributed by atoms with Crippen LogP contribution in [0, 0.1) is 0 Å². The van der Waals surface area contributed by atoms with Gasteiger partial charge in [0.1, 0.15) is 5.51 Å². The summed E-state index contributed by atoms with van der Waals surface area (Å²) in [6, 6.07) is 3.46. The van der Waals surface area contributed by atoms with Crippen molar-refractivity contribution in [1.82, 2.24) is 24.9 Å². The maximum atomic E-state index is 12.0. The number of aromatic nitrogens is 4. The average Bonchev–Trinajstić information content (AvgIpc) is 3.08. The van der Waals surface area contributed by atoms with Gasteiger partial charge in [0, 0.05) is 44.2 Å². The van der Waals surface area contributed by atoms with Crippen LogP contribution in [0.1, 0.15) is 26.5 Å². The van der Waals surface area contributed by atoms with Crippen LogP contribution in [-0.4, -0.2) is 57.6 Å². The van der Waals surface area contributed by atoms with E-state index in [0.717, 1.165) is 43.5 Å². The standard InChI is InChI=1S/C16H24N6OS/c1-16(2,3)13-4-5-14(23)22(19-13)11-8-20-6-9-21(10-7-20)15-18-17-12-24-15/h4-5,12H,6-11H2,1-3H3. The first kappa shape index (κ1) is 17.0. The number of piperazine rings is 1. The molecule has 0 atom stereocenters. The summed E-state index contributed by atoms with van der Waals surface area (Å²) in [5.41, 5.74) is 2.63. The summed E-state index contributed by atoms with van der Waals surface area (Å²) in [6.45, 7) is 11.6. The fourth-order valence-electron chi connectivity index (χ4n) is 2.71. The van der Waals surface area contributed by atoms with E-state index in [1.165, 1.54) is 0 Å². The first-order chi connectivity index (χ1) is 11.4. The summed E-state index contributed by atoms with van der Waals surface area (Å²) >= 11 is 1.58. The monoisotopic (exact) mass is 348 g/mol. The molecular formula is C16H24N6OS. The Labute approximate surface area is 145 Å². The van der Waals surface area contributed by atoms with E-state index in [9.17, 15) is 4.79 Å². The van der Waals surface area contributed by atoms with Gasteiger partial charge in [0.2, 0.25) is 5.13 Å². The molecule has 0 radical (unpaired) electrons. The van der Waals surface area contributed by atoms with Crippen molar-refractivity contribution in [2.75, 3.05) is 37.6 Å². The maximum Gasteiger partial charge on any atom is 0.266 e. The Hall–Kier alpha value is -1.80. The summed E-state index contributed by atoms with van der Waals surface area (Å²) < 4.78 is 1.59. The third kappa shape index (κ3) is 3.99. The first-order valence-electron chi connectivity index (χ1n) is 8.25. The molecule has 0 spiro atoms. The van der Waals surface area contributed by atoms with E-state index < -0.39 is 0 Å². The van der Waals surface area contributed by atoms with Crippen LogP contribution >= 0.6 is 11.3 Å². The van der Waals surface area contributed by atoms with Crippen molar-refractivity contribution in [3.05, 3.63) is 33.7 Å². The molecular weight excluding hydrogens is 324 g/mol. The second-order valence-electron chi connectivity index (χ2n) is 7.08. The third-order valence-electron chi connectivity index (χ3n) is 4.25. The Morgan fingerprint density at radius 1 is 1.12 bits per heavy atom. The van der Waals surface area contributed by atoms with Gasteiger partial charge in [-0.1, -0.05) is 32.1 Å². The molecule has 130 valence electrons. The van der Waals surface area contributed by atoms with Crippen molar-refractivity contribution in [2.24, 2.45) is 0 Å². The van der Waals surface area contributed by atoms with Crippen LogP contribution in [0.25, 0.3) is 0 Å². The molecule has 24 heavy (non-hydrogen) atoms. The zero-order valence-electron chi connectivity index (χ0n) is 14.5. The molecule has 7 nitrogen and oxygen atoms in total. The van der Waals surface area contributed by atoms with E-state index in [-0.39, 0.29) is 11.0 Å². The normalized spacial score (nSPS) is 16.5. The third-order valence-corrected chi connectivity index (χ3v) is 5.00.